The van der Waals surface area contributed by atoms with Gasteiger partial charge in [0.25, 0.3) is 15.7 Å². The Kier molecular flexibility index (Phi) is 9.86. The van der Waals surface area contributed by atoms with Crippen molar-refractivity contribution in [2.75, 3.05) is 49.9 Å². The summed E-state index contributed by atoms with van der Waals surface area (Å²) in [6.07, 6.45) is 0. The molecule has 0 atom stereocenters. The average Bonchev–Trinajstić information content (AvgIpc) is 3.40. The van der Waals surface area contributed by atoms with Crippen molar-refractivity contribution in [2.45, 2.75) is 18.0 Å². The number of likely N-dealkylation sites (N-methyl/N-ethyl adjacent to an activating group) is 2. The molecule has 246 valence electrons. The minimum absolute atomic E-state index is 0.211. The third-order valence-corrected chi connectivity index (χ3v) is 10.5. The number of hydrogen-bond acceptors (Lipinski definition) is 7. The lowest BCUT2D eigenvalue weighted by Gasteiger charge is -2.24. The summed E-state index contributed by atoms with van der Waals surface area (Å²) < 4.78 is 28.3. The Morgan fingerprint density at radius 3 is 1.88 bits per heavy atom. The Morgan fingerprint density at radius 2 is 1.21 bits per heavy atom. The number of hydrogen-bond donors (Lipinski definition) is 1. The van der Waals surface area contributed by atoms with Crippen LogP contribution in [0.3, 0.4) is 0 Å². The number of nitrogens with one attached hydrogen (secondary N) is 1. The van der Waals surface area contributed by atoms with E-state index in [1.165, 1.54) is 50.9 Å². The first-order chi connectivity index (χ1) is 23.2. The smallest absolute Gasteiger partial charge is 0.289 e. The second-order valence-electron chi connectivity index (χ2n) is 12.2. The molecule has 0 unspecified atom stereocenters. The summed E-state index contributed by atoms with van der Waals surface area (Å²) >= 11 is 0. The SMILES string of the molecule is CN1CCN(S(=O)(=O)c2ccccc2[N+](=O)[O-])c2ccc(-c3ccccc3)cc2C1.CN1CCNc2ccc(-c3ccccc3)cc2C1. The largest absolute Gasteiger partial charge is 0.383 e. The third kappa shape index (κ3) is 7.26. The van der Waals surface area contributed by atoms with Gasteiger partial charge in [-0.15, -0.1) is 0 Å². The minimum Gasteiger partial charge on any atom is -0.383 e. The predicted octanol–water partition coefficient (Wildman–Crippen LogP) is 7.11. The van der Waals surface area contributed by atoms with E-state index in [-0.39, 0.29) is 11.4 Å². The summed E-state index contributed by atoms with van der Waals surface area (Å²) in [4.78, 5) is 14.9. The van der Waals surface area contributed by atoms with Crippen LogP contribution in [-0.2, 0) is 23.1 Å². The van der Waals surface area contributed by atoms with Crippen LogP contribution in [0.1, 0.15) is 11.1 Å². The molecule has 0 saturated heterocycles. The van der Waals surface area contributed by atoms with Gasteiger partial charge in [0.1, 0.15) is 0 Å². The summed E-state index contributed by atoms with van der Waals surface area (Å²) in [5.74, 6) is 0. The van der Waals surface area contributed by atoms with Gasteiger partial charge in [0.2, 0.25) is 0 Å². The molecule has 10 heteroatoms. The highest BCUT2D eigenvalue weighted by Gasteiger charge is 2.34. The first kappa shape index (κ1) is 32.9. The van der Waals surface area contributed by atoms with Crippen LogP contribution >= 0.6 is 0 Å². The Labute approximate surface area is 282 Å². The summed E-state index contributed by atoms with van der Waals surface area (Å²) in [5, 5.41) is 14.9. The Hall–Kier alpha value is -5.03. The fraction of sp³-hybridized carbons (Fsp3) is 0.211. The van der Waals surface area contributed by atoms with Crippen molar-refractivity contribution >= 4 is 27.1 Å². The first-order valence-electron chi connectivity index (χ1n) is 15.9. The maximum absolute atomic E-state index is 13.5. The van der Waals surface area contributed by atoms with E-state index in [1.54, 1.807) is 6.07 Å². The van der Waals surface area contributed by atoms with Crippen molar-refractivity contribution in [3.63, 3.8) is 0 Å². The first-order valence-corrected chi connectivity index (χ1v) is 17.4. The fourth-order valence-corrected chi connectivity index (χ4v) is 7.82. The number of nitro benzene ring substituents is 1. The molecule has 0 saturated carbocycles. The number of rotatable bonds is 5. The van der Waals surface area contributed by atoms with Crippen molar-refractivity contribution in [1.29, 1.82) is 0 Å². The van der Waals surface area contributed by atoms with E-state index >= 15 is 0 Å². The normalized spacial score (nSPS) is 15.1. The number of sulfonamides is 1. The topological polar surface area (TPSA) is 99.0 Å². The van der Waals surface area contributed by atoms with Crippen LogP contribution in [-0.4, -0.2) is 63.4 Å². The molecule has 2 aliphatic heterocycles. The molecule has 0 aliphatic carbocycles. The van der Waals surface area contributed by atoms with Crippen molar-refractivity contribution in [2.24, 2.45) is 0 Å². The zero-order chi connectivity index (χ0) is 33.7. The molecule has 1 N–H and O–H groups in total. The molecule has 5 aromatic carbocycles. The van der Waals surface area contributed by atoms with E-state index in [0.717, 1.165) is 36.3 Å². The van der Waals surface area contributed by atoms with Gasteiger partial charge in [-0.05, 0) is 77.8 Å². The highest BCUT2D eigenvalue weighted by atomic mass is 32.2. The number of fused-ring (bicyclic) bond motifs is 2. The molecular formula is C38H39N5O4S. The summed E-state index contributed by atoms with van der Waals surface area (Å²) in [6, 6.07) is 38.3. The standard InChI is InChI=1S/C22H21N3O4S.C16H18N2/c1-23-13-14-24(30(28,29)22-10-6-5-9-21(22)25(26)27)20-12-11-18(15-19(20)16-23)17-7-3-2-4-8-17;1-18-10-9-17-16-8-7-14(11-15(16)12-18)13-5-3-2-4-6-13/h2-12,15H,13-14,16H2,1H3;2-8,11,17H,9-10,12H2,1H3. The van der Waals surface area contributed by atoms with Crippen LogP contribution in [0.2, 0.25) is 0 Å². The Bertz CT molecular complexity index is 2010. The number of nitro groups is 1. The van der Waals surface area contributed by atoms with Gasteiger partial charge in [0.05, 0.1) is 10.6 Å². The zero-order valence-electron chi connectivity index (χ0n) is 27.1. The van der Waals surface area contributed by atoms with Crippen molar-refractivity contribution in [3.8, 4) is 22.3 Å². The number of anilines is 2. The van der Waals surface area contributed by atoms with Gasteiger partial charge in [0.15, 0.2) is 4.90 Å². The molecule has 9 nitrogen and oxygen atoms in total. The molecule has 0 fully saturated rings. The van der Waals surface area contributed by atoms with Gasteiger partial charge in [-0.25, -0.2) is 8.42 Å². The maximum Gasteiger partial charge on any atom is 0.289 e. The number of para-hydroxylation sites is 1. The molecule has 5 aromatic rings. The van der Waals surface area contributed by atoms with Crippen molar-refractivity contribution < 1.29 is 13.3 Å². The Morgan fingerprint density at radius 1 is 0.646 bits per heavy atom. The van der Waals surface area contributed by atoms with Crippen LogP contribution in [0.4, 0.5) is 17.1 Å². The highest BCUT2D eigenvalue weighted by molar-refractivity contribution is 7.93. The fourth-order valence-electron chi connectivity index (χ4n) is 6.17. The van der Waals surface area contributed by atoms with E-state index in [0.29, 0.717) is 18.8 Å². The molecule has 0 amide bonds. The molecule has 48 heavy (non-hydrogen) atoms. The van der Waals surface area contributed by atoms with E-state index in [1.807, 2.05) is 54.4 Å². The van der Waals surface area contributed by atoms with Crippen LogP contribution in [0.25, 0.3) is 22.3 Å². The number of nitrogens with zero attached hydrogens (tertiary/aromatic N) is 4. The van der Waals surface area contributed by atoms with Crippen LogP contribution in [0.5, 0.6) is 0 Å². The molecular weight excluding hydrogens is 623 g/mol. The van der Waals surface area contributed by atoms with E-state index < -0.39 is 20.6 Å². The molecule has 7 rings (SSSR count). The lowest BCUT2D eigenvalue weighted by molar-refractivity contribution is -0.387. The molecule has 2 aliphatic rings. The Balaban J connectivity index is 0.000000189. The van der Waals surface area contributed by atoms with Crippen molar-refractivity contribution in [1.82, 2.24) is 9.80 Å². The lowest BCUT2D eigenvalue weighted by atomic mass is 10.0. The van der Waals surface area contributed by atoms with E-state index in [2.05, 4.69) is 65.8 Å². The molecule has 0 aromatic heterocycles. The predicted molar refractivity (Wildman–Crippen MR) is 193 cm³/mol. The van der Waals surface area contributed by atoms with Crippen LogP contribution in [0, 0.1) is 10.1 Å². The zero-order valence-corrected chi connectivity index (χ0v) is 27.9. The molecule has 0 bridgehead atoms. The quantitative estimate of drug-likeness (QED) is 0.158. The minimum atomic E-state index is -4.11. The monoisotopic (exact) mass is 661 g/mol. The average molecular weight is 662 g/mol. The molecule has 2 heterocycles. The summed E-state index contributed by atoms with van der Waals surface area (Å²) in [7, 11) is -0.00715. The van der Waals surface area contributed by atoms with E-state index in [4.69, 9.17) is 0 Å². The van der Waals surface area contributed by atoms with Crippen LogP contribution in [0.15, 0.2) is 126 Å². The van der Waals surface area contributed by atoms with Crippen LogP contribution < -0.4 is 9.62 Å². The van der Waals surface area contributed by atoms with Crippen molar-refractivity contribution in [3.05, 3.63) is 143 Å². The van der Waals surface area contributed by atoms with Gasteiger partial charge >= 0.3 is 0 Å². The van der Waals surface area contributed by atoms with Gasteiger partial charge < -0.3 is 15.1 Å². The summed E-state index contributed by atoms with van der Waals surface area (Å²) in [5.41, 5.74) is 8.27. The summed E-state index contributed by atoms with van der Waals surface area (Å²) in [6.45, 7) is 4.43. The maximum atomic E-state index is 13.5. The van der Waals surface area contributed by atoms with E-state index in [9.17, 15) is 18.5 Å². The van der Waals surface area contributed by atoms with Gasteiger partial charge in [-0.1, -0.05) is 84.9 Å². The lowest BCUT2D eigenvalue weighted by Crippen LogP contribution is -2.35. The van der Waals surface area contributed by atoms with Gasteiger partial charge in [-0.2, -0.15) is 0 Å². The highest BCUT2D eigenvalue weighted by Crippen LogP contribution is 2.35. The number of benzene rings is 5. The molecule has 0 radical (unpaired) electrons. The molecule has 0 spiro atoms. The van der Waals surface area contributed by atoms with Gasteiger partial charge in [0, 0.05) is 51.0 Å². The van der Waals surface area contributed by atoms with Gasteiger partial charge in [-0.3, -0.25) is 14.4 Å². The second-order valence-corrected chi connectivity index (χ2v) is 14.0. The second kappa shape index (κ2) is 14.4. The third-order valence-electron chi connectivity index (χ3n) is 8.67.